The number of nitrogens with two attached hydrogens (primary N) is 1. The average Bonchev–Trinajstić information content (AvgIpc) is 2.44. The van der Waals surface area contributed by atoms with Crippen molar-refractivity contribution in [2.45, 2.75) is 71.6 Å². The minimum atomic E-state index is -0.520. The van der Waals surface area contributed by atoms with E-state index >= 15 is 0 Å². The van der Waals surface area contributed by atoms with Crippen LogP contribution in [0.2, 0.25) is 0 Å². The SMILES string of the molecule is CC(C)[C@H](N)C(=O)N1CCCC[C@@H]1CN(C)C(=O)OC(C)(C)C. The van der Waals surface area contributed by atoms with Gasteiger partial charge in [-0.15, -0.1) is 0 Å². The summed E-state index contributed by atoms with van der Waals surface area (Å²) in [7, 11) is 1.72. The molecule has 0 unspecified atom stereocenters. The predicted molar refractivity (Wildman–Crippen MR) is 91.0 cm³/mol. The van der Waals surface area contributed by atoms with Gasteiger partial charge in [0, 0.05) is 26.2 Å². The molecule has 2 atom stereocenters. The van der Waals surface area contributed by atoms with E-state index in [2.05, 4.69) is 0 Å². The number of ether oxygens (including phenoxy) is 1. The molecule has 1 saturated heterocycles. The number of carbonyl (C=O) groups is 2. The fourth-order valence-corrected chi connectivity index (χ4v) is 2.69. The molecule has 0 aromatic heterocycles. The van der Waals surface area contributed by atoms with E-state index in [-0.39, 0.29) is 24.0 Å². The van der Waals surface area contributed by atoms with Gasteiger partial charge in [-0.1, -0.05) is 13.8 Å². The Morgan fingerprint density at radius 1 is 1.30 bits per heavy atom. The van der Waals surface area contributed by atoms with Crippen LogP contribution in [-0.2, 0) is 9.53 Å². The number of likely N-dealkylation sites (N-methyl/N-ethyl adjacent to an activating group) is 1. The molecule has 1 heterocycles. The number of nitrogens with zero attached hydrogens (tertiary/aromatic N) is 2. The Balaban J connectivity index is 2.71. The fraction of sp³-hybridized carbons (Fsp3) is 0.882. The van der Waals surface area contributed by atoms with Crippen molar-refractivity contribution in [3.8, 4) is 0 Å². The van der Waals surface area contributed by atoms with Gasteiger partial charge < -0.3 is 20.3 Å². The number of carbonyl (C=O) groups excluding carboxylic acids is 2. The van der Waals surface area contributed by atoms with Gasteiger partial charge in [-0.2, -0.15) is 0 Å². The van der Waals surface area contributed by atoms with Gasteiger partial charge in [0.2, 0.25) is 5.91 Å². The van der Waals surface area contributed by atoms with Gasteiger partial charge >= 0.3 is 6.09 Å². The van der Waals surface area contributed by atoms with Crippen LogP contribution in [0.25, 0.3) is 0 Å². The molecule has 0 radical (unpaired) electrons. The molecule has 134 valence electrons. The molecule has 0 spiro atoms. The smallest absolute Gasteiger partial charge is 0.410 e. The Bertz CT molecular complexity index is 418. The zero-order valence-corrected chi connectivity index (χ0v) is 15.5. The first-order valence-corrected chi connectivity index (χ1v) is 8.53. The molecule has 23 heavy (non-hydrogen) atoms. The van der Waals surface area contributed by atoms with E-state index in [1.807, 2.05) is 39.5 Å². The molecule has 0 aromatic rings. The summed E-state index contributed by atoms with van der Waals surface area (Å²) in [6.07, 6.45) is 2.59. The van der Waals surface area contributed by atoms with Crippen molar-refractivity contribution < 1.29 is 14.3 Å². The molecule has 0 saturated carbocycles. The second-order valence-electron chi connectivity index (χ2n) is 7.81. The van der Waals surface area contributed by atoms with Gasteiger partial charge in [0.15, 0.2) is 0 Å². The van der Waals surface area contributed by atoms with Gasteiger partial charge in [0.1, 0.15) is 5.60 Å². The number of amides is 2. The van der Waals surface area contributed by atoms with Crippen molar-refractivity contribution in [1.82, 2.24) is 9.80 Å². The summed E-state index contributed by atoms with van der Waals surface area (Å²) in [6.45, 7) is 10.6. The molecule has 1 fully saturated rings. The molecule has 6 heteroatoms. The summed E-state index contributed by atoms with van der Waals surface area (Å²) in [5, 5.41) is 0. The molecule has 6 nitrogen and oxygen atoms in total. The zero-order chi connectivity index (χ0) is 17.8. The van der Waals surface area contributed by atoms with Gasteiger partial charge in [0.25, 0.3) is 0 Å². The molecular weight excluding hydrogens is 294 g/mol. The lowest BCUT2D eigenvalue weighted by Gasteiger charge is -2.39. The van der Waals surface area contributed by atoms with Crippen molar-refractivity contribution in [3.63, 3.8) is 0 Å². The maximum absolute atomic E-state index is 12.6. The first kappa shape index (κ1) is 19.7. The molecule has 0 aliphatic carbocycles. The maximum Gasteiger partial charge on any atom is 0.410 e. The second-order valence-corrected chi connectivity index (χ2v) is 7.81. The molecule has 0 bridgehead atoms. The predicted octanol–water partition coefficient (Wildman–Crippen LogP) is 2.22. The summed E-state index contributed by atoms with van der Waals surface area (Å²) < 4.78 is 5.38. The highest BCUT2D eigenvalue weighted by atomic mass is 16.6. The molecule has 1 aliphatic rings. The van der Waals surface area contributed by atoms with Crippen LogP contribution >= 0.6 is 0 Å². The standard InChI is InChI=1S/C17H33N3O3/c1-12(2)14(18)15(21)20-10-8-7-9-13(20)11-19(6)16(22)23-17(3,4)5/h12-14H,7-11,18H2,1-6H3/t13-,14+/m1/s1. The van der Waals surface area contributed by atoms with Crippen molar-refractivity contribution in [1.29, 1.82) is 0 Å². The molecule has 1 rings (SSSR count). The minimum Gasteiger partial charge on any atom is -0.444 e. The zero-order valence-electron chi connectivity index (χ0n) is 15.5. The van der Waals surface area contributed by atoms with E-state index in [0.717, 1.165) is 19.3 Å². The minimum absolute atomic E-state index is 0.0118. The Kier molecular flexibility index (Phi) is 6.86. The van der Waals surface area contributed by atoms with Crippen molar-refractivity contribution in [2.75, 3.05) is 20.1 Å². The molecular formula is C17H33N3O3. The second kappa shape index (κ2) is 7.99. The lowest BCUT2D eigenvalue weighted by Crippen LogP contribution is -2.55. The fourth-order valence-electron chi connectivity index (χ4n) is 2.69. The van der Waals surface area contributed by atoms with E-state index < -0.39 is 11.6 Å². The van der Waals surface area contributed by atoms with Crippen LogP contribution in [0.15, 0.2) is 0 Å². The highest BCUT2D eigenvalue weighted by Crippen LogP contribution is 2.20. The average molecular weight is 327 g/mol. The Morgan fingerprint density at radius 2 is 1.91 bits per heavy atom. The van der Waals surface area contributed by atoms with Crippen LogP contribution in [0.4, 0.5) is 4.79 Å². The highest BCUT2D eigenvalue weighted by molar-refractivity contribution is 5.82. The Morgan fingerprint density at radius 3 is 2.43 bits per heavy atom. The van der Waals surface area contributed by atoms with E-state index in [4.69, 9.17) is 10.5 Å². The topological polar surface area (TPSA) is 75.9 Å². The maximum atomic E-state index is 12.6. The lowest BCUT2D eigenvalue weighted by molar-refractivity contribution is -0.137. The summed E-state index contributed by atoms with van der Waals surface area (Å²) in [4.78, 5) is 28.1. The van der Waals surface area contributed by atoms with Gasteiger partial charge in [-0.3, -0.25) is 4.79 Å². The van der Waals surface area contributed by atoms with Gasteiger partial charge in [-0.25, -0.2) is 4.79 Å². The summed E-state index contributed by atoms with van der Waals surface area (Å²) in [5.74, 6) is 0.0935. The summed E-state index contributed by atoms with van der Waals surface area (Å²) in [6, 6.07) is -0.471. The molecule has 2 amide bonds. The highest BCUT2D eigenvalue weighted by Gasteiger charge is 2.33. The van der Waals surface area contributed by atoms with Gasteiger partial charge in [0.05, 0.1) is 6.04 Å². The number of rotatable bonds is 4. The third-order valence-electron chi connectivity index (χ3n) is 4.10. The van der Waals surface area contributed by atoms with E-state index in [1.165, 1.54) is 0 Å². The van der Waals surface area contributed by atoms with Crippen LogP contribution in [0.5, 0.6) is 0 Å². The van der Waals surface area contributed by atoms with E-state index in [9.17, 15) is 9.59 Å². The number of likely N-dealkylation sites (tertiary alicyclic amines) is 1. The summed E-state index contributed by atoms with van der Waals surface area (Å²) in [5.41, 5.74) is 5.51. The van der Waals surface area contributed by atoms with Crippen LogP contribution in [-0.4, -0.2) is 59.6 Å². The molecule has 1 aliphatic heterocycles. The van der Waals surface area contributed by atoms with E-state index in [1.54, 1.807) is 11.9 Å². The Labute approximate surface area is 140 Å². The van der Waals surface area contributed by atoms with Crippen molar-refractivity contribution in [2.24, 2.45) is 11.7 Å². The van der Waals surface area contributed by atoms with Gasteiger partial charge in [-0.05, 0) is 46.0 Å². The molecule has 0 aromatic carbocycles. The van der Waals surface area contributed by atoms with Crippen molar-refractivity contribution in [3.05, 3.63) is 0 Å². The largest absolute Gasteiger partial charge is 0.444 e. The number of piperidine rings is 1. The first-order valence-electron chi connectivity index (χ1n) is 8.53. The van der Waals surface area contributed by atoms with E-state index in [0.29, 0.717) is 13.1 Å². The molecule has 2 N–H and O–H groups in total. The third-order valence-corrected chi connectivity index (χ3v) is 4.10. The summed E-state index contributed by atoms with van der Waals surface area (Å²) >= 11 is 0. The number of hydrogen-bond acceptors (Lipinski definition) is 4. The van der Waals surface area contributed by atoms with Crippen LogP contribution in [0.3, 0.4) is 0 Å². The van der Waals surface area contributed by atoms with Crippen molar-refractivity contribution >= 4 is 12.0 Å². The van der Waals surface area contributed by atoms with Crippen LogP contribution in [0, 0.1) is 5.92 Å². The lowest BCUT2D eigenvalue weighted by atomic mass is 9.97. The van der Waals surface area contributed by atoms with Crippen LogP contribution < -0.4 is 5.73 Å². The Hall–Kier alpha value is -1.30. The number of hydrogen-bond donors (Lipinski definition) is 1. The normalized spacial score (nSPS) is 20.3. The quantitative estimate of drug-likeness (QED) is 0.859. The first-order chi connectivity index (χ1) is 10.5. The monoisotopic (exact) mass is 327 g/mol. The van der Waals surface area contributed by atoms with Crippen LogP contribution in [0.1, 0.15) is 53.9 Å². The third kappa shape index (κ3) is 6.01.